The summed E-state index contributed by atoms with van der Waals surface area (Å²) < 4.78 is 38.4. The molecular weight excluding hydrogens is 414 g/mol. The van der Waals surface area contributed by atoms with E-state index in [1.54, 1.807) is 36.4 Å². The van der Waals surface area contributed by atoms with Gasteiger partial charge in [-0.2, -0.15) is 4.31 Å². The first kappa shape index (κ1) is 19.6. The molecule has 0 saturated heterocycles. The number of aromatic nitrogens is 1. The Bertz CT molecular complexity index is 1120. The number of nitrogens with one attached hydrogen (secondary N) is 1. The number of carbonyl (C=O) groups excluding carboxylic acids is 1. The van der Waals surface area contributed by atoms with Crippen LogP contribution >= 0.6 is 11.3 Å². The highest BCUT2D eigenvalue weighted by Crippen LogP contribution is 2.33. The van der Waals surface area contributed by atoms with Gasteiger partial charge in [0.15, 0.2) is 10.9 Å². The van der Waals surface area contributed by atoms with Crippen LogP contribution in [0, 0.1) is 0 Å². The van der Waals surface area contributed by atoms with E-state index < -0.39 is 15.9 Å². The van der Waals surface area contributed by atoms with E-state index in [9.17, 15) is 13.2 Å². The lowest BCUT2D eigenvalue weighted by atomic mass is 10.2. The Morgan fingerprint density at radius 2 is 2.14 bits per heavy atom. The van der Waals surface area contributed by atoms with Crippen molar-refractivity contribution in [2.24, 2.45) is 0 Å². The van der Waals surface area contributed by atoms with Crippen LogP contribution in [0.15, 0.2) is 52.0 Å². The van der Waals surface area contributed by atoms with Crippen LogP contribution in [0.2, 0.25) is 0 Å². The highest BCUT2D eigenvalue weighted by Gasteiger charge is 2.32. The minimum absolute atomic E-state index is 0.154. The molecule has 0 spiro atoms. The predicted molar refractivity (Wildman–Crippen MR) is 108 cm³/mol. The number of fused-ring (bicyclic) bond motifs is 1. The molecule has 4 rings (SSSR count). The highest BCUT2D eigenvalue weighted by molar-refractivity contribution is 7.89. The maximum absolute atomic E-state index is 13.2. The van der Waals surface area contributed by atoms with E-state index in [1.165, 1.54) is 21.9 Å². The van der Waals surface area contributed by atoms with Crippen molar-refractivity contribution in [2.75, 3.05) is 18.5 Å². The zero-order valence-electron chi connectivity index (χ0n) is 15.6. The van der Waals surface area contributed by atoms with Crippen LogP contribution in [0.4, 0.5) is 5.13 Å². The molecule has 0 saturated carbocycles. The van der Waals surface area contributed by atoms with Crippen LogP contribution in [-0.2, 0) is 23.0 Å². The van der Waals surface area contributed by atoms with Crippen molar-refractivity contribution in [1.29, 1.82) is 0 Å². The predicted octanol–water partition coefficient (Wildman–Crippen LogP) is 3.13. The van der Waals surface area contributed by atoms with Crippen LogP contribution in [0.25, 0.3) is 0 Å². The van der Waals surface area contributed by atoms with Crippen molar-refractivity contribution in [3.8, 4) is 5.75 Å². The first-order valence-corrected chi connectivity index (χ1v) is 11.3. The summed E-state index contributed by atoms with van der Waals surface area (Å²) in [7, 11) is -3.72. The van der Waals surface area contributed by atoms with Crippen LogP contribution in [0.3, 0.4) is 0 Å². The number of hydrogen-bond acceptors (Lipinski definition) is 7. The summed E-state index contributed by atoms with van der Waals surface area (Å²) in [4.78, 5) is 17.5. The molecule has 1 aromatic carbocycles. The number of para-hydroxylation sites is 1. The Balaban J connectivity index is 1.54. The van der Waals surface area contributed by atoms with Gasteiger partial charge in [-0.3, -0.25) is 10.1 Å². The minimum atomic E-state index is -3.72. The van der Waals surface area contributed by atoms with E-state index in [2.05, 4.69) is 10.3 Å². The summed E-state index contributed by atoms with van der Waals surface area (Å²) in [5.74, 6) is 0.141. The zero-order valence-corrected chi connectivity index (χ0v) is 17.3. The van der Waals surface area contributed by atoms with Gasteiger partial charge in [-0.15, -0.1) is 11.3 Å². The molecule has 0 atom stereocenters. The Hall–Kier alpha value is -2.69. The van der Waals surface area contributed by atoms with E-state index in [1.807, 2.05) is 6.92 Å². The minimum Gasteiger partial charge on any atom is -0.492 e. The molecule has 0 fully saturated rings. The van der Waals surface area contributed by atoms with Crippen molar-refractivity contribution in [1.82, 2.24) is 9.29 Å². The maximum atomic E-state index is 13.2. The molecule has 0 bridgehead atoms. The molecule has 1 N–H and O–H groups in total. The first-order chi connectivity index (χ1) is 14.0. The van der Waals surface area contributed by atoms with Gasteiger partial charge in [-0.1, -0.05) is 12.1 Å². The Morgan fingerprint density at radius 3 is 2.90 bits per heavy atom. The van der Waals surface area contributed by atoms with Crippen molar-refractivity contribution in [2.45, 2.75) is 24.8 Å². The van der Waals surface area contributed by atoms with E-state index in [4.69, 9.17) is 9.15 Å². The van der Waals surface area contributed by atoms with Crippen LogP contribution < -0.4 is 10.1 Å². The SMILES string of the molecule is CCOc1ccccc1S(=O)(=O)N1CCc2nc(NC(=O)c3ccco3)sc2C1. The summed E-state index contributed by atoms with van der Waals surface area (Å²) in [5, 5.41) is 3.12. The largest absolute Gasteiger partial charge is 0.492 e. The lowest BCUT2D eigenvalue weighted by molar-refractivity contribution is 0.0996. The molecule has 0 radical (unpaired) electrons. The van der Waals surface area contributed by atoms with Crippen molar-refractivity contribution in [3.05, 3.63) is 59.0 Å². The van der Waals surface area contributed by atoms with Gasteiger partial charge >= 0.3 is 0 Å². The molecular formula is C19H19N3O5S2. The highest BCUT2D eigenvalue weighted by atomic mass is 32.2. The smallest absolute Gasteiger partial charge is 0.293 e. The Morgan fingerprint density at radius 1 is 1.31 bits per heavy atom. The summed E-state index contributed by atoms with van der Waals surface area (Å²) in [6, 6.07) is 9.82. The fourth-order valence-electron chi connectivity index (χ4n) is 3.07. The lowest BCUT2D eigenvalue weighted by Crippen LogP contribution is -2.35. The quantitative estimate of drug-likeness (QED) is 0.641. The molecule has 152 valence electrons. The molecule has 3 aromatic rings. The van der Waals surface area contributed by atoms with Crippen molar-refractivity contribution in [3.63, 3.8) is 0 Å². The fourth-order valence-corrected chi connectivity index (χ4v) is 5.72. The molecule has 10 heteroatoms. The summed E-state index contributed by atoms with van der Waals surface area (Å²) in [6.45, 7) is 2.70. The molecule has 0 unspecified atom stereocenters. The van der Waals surface area contributed by atoms with Gasteiger partial charge in [0.2, 0.25) is 10.0 Å². The van der Waals surface area contributed by atoms with E-state index in [0.29, 0.717) is 30.5 Å². The summed E-state index contributed by atoms with van der Waals surface area (Å²) in [6.07, 6.45) is 1.89. The third-order valence-corrected chi connectivity index (χ3v) is 7.31. The van der Waals surface area contributed by atoms with Gasteiger partial charge in [0.1, 0.15) is 10.6 Å². The number of benzene rings is 1. The molecule has 1 amide bonds. The van der Waals surface area contributed by atoms with Crippen molar-refractivity contribution >= 4 is 32.4 Å². The lowest BCUT2D eigenvalue weighted by Gasteiger charge is -2.26. The standard InChI is InChI=1S/C19H19N3O5S2/c1-2-26-14-6-3-4-8-17(14)29(24,25)22-10-9-13-16(12-22)28-19(20-13)21-18(23)15-7-5-11-27-15/h3-8,11H,2,9-10,12H2,1H3,(H,20,21,23). The van der Waals surface area contributed by atoms with Crippen molar-refractivity contribution < 1.29 is 22.4 Å². The number of sulfonamides is 1. The molecule has 2 aromatic heterocycles. The van der Waals surface area contributed by atoms with E-state index in [0.717, 1.165) is 10.6 Å². The van der Waals surface area contributed by atoms with Gasteiger partial charge in [-0.25, -0.2) is 13.4 Å². The summed E-state index contributed by atoms with van der Waals surface area (Å²) >= 11 is 1.27. The maximum Gasteiger partial charge on any atom is 0.293 e. The number of anilines is 1. The number of nitrogens with zero attached hydrogens (tertiary/aromatic N) is 2. The number of amides is 1. The zero-order chi connectivity index (χ0) is 20.4. The molecule has 8 nitrogen and oxygen atoms in total. The number of hydrogen-bond donors (Lipinski definition) is 1. The van der Waals surface area contributed by atoms with Gasteiger partial charge in [0.05, 0.1) is 25.1 Å². The van der Waals surface area contributed by atoms with Gasteiger partial charge in [0.25, 0.3) is 5.91 Å². The van der Waals surface area contributed by atoms with E-state index >= 15 is 0 Å². The van der Waals surface area contributed by atoms with Gasteiger partial charge < -0.3 is 9.15 Å². The molecule has 3 heterocycles. The van der Waals surface area contributed by atoms with Gasteiger partial charge in [0, 0.05) is 17.8 Å². The molecule has 1 aliphatic rings. The average molecular weight is 434 g/mol. The second-order valence-electron chi connectivity index (χ2n) is 6.29. The van der Waals surface area contributed by atoms with Crippen LogP contribution in [-0.4, -0.2) is 36.8 Å². The number of carbonyl (C=O) groups is 1. The summed E-state index contributed by atoms with van der Waals surface area (Å²) in [5.41, 5.74) is 0.800. The number of furan rings is 1. The molecule has 1 aliphatic heterocycles. The third-order valence-electron chi connectivity index (χ3n) is 4.43. The van der Waals surface area contributed by atoms with Gasteiger partial charge in [-0.05, 0) is 31.2 Å². The van der Waals surface area contributed by atoms with Crippen LogP contribution in [0.5, 0.6) is 5.75 Å². The normalized spacial score (nSPS) is 14.4. The molecule has 29 heavy (non-hydrogen) atoms. The van der Waals surface area contributed by atoms with Crippen LogP contribution in [0.1, 0.15) is 28.0 Å². The number of rotatable bonds is 6. The number of ether oxygens (including phenoxy) is 1. The average Bonchev–Trinajstić information content (AvgIpc) is 3.37. The second-order valence-corrected chi connectivity index (χ2v) is 9.28. The topological polar surface area (TPSA) is 102 Å². The monoisotopic (exact) mass is 433 g/mol. The first-order valence-electron chi connectivity index (χ1n) is 9.04. The fraction of sp³-hybridized carbons (Fsp3) is 0.263. The Labute approximate surface area is 172 Å². The number of thiazole rings is 1. The molecule has 0 aliphatic carbocycles. The second kappa shape index (κ2) is 7.97. The van der Waals surface area contributed by atoms with E-state index in [-0.39, 0.29) is 17.2 Å². The Kier molecular flexibility index (Phi) is 5.39. The third kappa shape index (κ3) is 3.91.